The second-order valence-corrected chi connectivity index (χ2v) is 22.3. The zero-order valence-corrected chi connectivity index (χ0v) is 26.2. The van der Waals surface area contributed by atoms with Crippen LogP contribution in [0.3, 0.4) is 0 Å². The van der Waals surface area contributed by atoms with E-state index in [1.807, 2.05) is 0 Å². The van der Waals surface area contributed by atoms with Crippen molar-refractivity contribution < 1.29 is 0 Å². The van der Waals surface area contributed by atoms with E-state index in [1.54, 1.807) is 0 Å². The van der Waals surface area contributed by atoms with Gasteiger partial charge in [-0.1, -0.05) is 109 Å². The fraction of sp³-hybridized carbons (Fsp3) is 0. The van der Waals surface area contributed by atoms with Crippen LogP contribution in [0.2, 0.25) is 0 Å². The molecule has 5 aromatic rings. The van der Waals surface area contributed by atoms with Gasteiger partial charge < -0.3 is 0 Å². The van der Waals surface area contributed by atoms with Gasteiger partial charge in [0.25, 0.3) is 0 Å². The maximum absolute atomic E-state index is 3.19. The molecule has 0 spiro atoms. The fourth-order valence-electron chi connectivity index (χ4n) is 4.15. The molecule has 0 saturated carbocycles. The molecule has 0 aliphatic heterocycles. The van der Waals surface area contributed by atoms with Crippen LogP contribution in [0.25, 0.3) is 0 Å². The van der Waals surface area contributed by atoms with E-state index in [4.69, 9.17) is 0 Å². The summed E-state index contributed by atoms with van der Waals surface area (Å²) >= 11 is 6.50. The van der Waals surface area contributed by atoms with Crippen LogP contribution in [0.1, 0.15) is 0 Å². The zero-order valence-electron chi connectivity index (χ0n) is 19.1. The van der Waals surface area contributed by atoms with Crippen molar-refractivity contribution in [3.8, 4) is 0 Å². The fourth-order valence-corrected chi connectivity index (χ4v) is 9.77. The van der Waals surface area contributed by atoms with E-state index < -0.39 is 15.8 Å². The molecule has 5 heteroatoms. The summed E-state index contributed by atoms with van der Waals surface area (Å²) in [7, 11) is -1.80. The van der Waals surface area contributed by atoms with Gasteiger partial charge in [0, 0.05) is 5.30 Å². The number of benzene rings is 5. The van der Waals surface area contributed by atoms with Crippen molar-refractivity contribution in [1.29, 1.82) is 0 Å². The summed E-state index contributed by atoms with van der Waals surface area (Å²) in [5, 5.41) is 8.57. The van der Waals surface area contributed by atoms with Crippen LogP contribution in [0, 0.1) is 0 Å². The minimum atomic E-state index is -1.15. The summed E-state index contributed by atoms with van der Waals surface area (Å²) in [5.74, 6) is 0. The number of rotatable bonds is 6. The summed E-state index contributed by atoms with van der Waals surface area (Å²) in [6.07, 6.45) is 0. The number of hydrogen-bond donors (Lipinski definition) is 0. The summed E-state index contributed by atoms with van der Waals surface area (Å²) in [4.78, 5) is 0. The van der Waals surface area contributed by atoms with Gasteiger partial charge in [0.2, 0.25) is 0 Å². The standard InChI is InChI=1S/C30H24P2.Br2Ge/c1-5-15-25(16-6-1)31(26-17-7-2-8-18-26)29-23-13-14-24-30(29)32(27-19-9-3-10-20-27)28-21-11-4-12-22-28;1-3-2/h1-24H;/p+1. The van der Waals surface area contributed by atoms with Crippen LogP contribution < -0.4 is 31.8 Å². The van der Waals surface area contributed by atoms with Crippen molar-refractivity contribution in [2.45, 2.75) is 0 Å². The third kappa shape index (κ3) is 7.03. The molecule has 0 amide bonds. The molecule has 0 aliphatic rings. The number of hydrogen-bond acceptors (Lipinski definition) is 0. The third-order valence-corrected chi connectivity index (χ3v) is 11.1. The molecular formula is C30H25Br2GeP2+. The van der Waals surface area contributed by atoms with Gasteiger partial charge in [0.05, 0.1) is 7.92 Å². The molecule has 5 aromatic carbocycles. The normalized spacial score (nSPS) is 10.6. The maximum atomic E-state index is 3.19. The smallest absolute Gasteiger partial charge is 0.0622 e. The summed E-state index contributed by atoms with van der Waals surface area (Å²) in [5.41, 5.74) is 0. The Morgan fingerprint density at radius 3 is 1.23 bits per heavy atom. The molecule has 2 radical (unpaired) electrons. The molecule has 0 bridgehead atoms. The summed E-state index contributed by atoms with van der Waals surface area (Å²) in [6, 6.07) is 53.2. The van der Waals surface area contributed by atoms with Crippen molar-refractivity contribution >= 4 is 87.4 Å². The zero-order chi connectivity index (χ0) is 24.3. The molecule has 0 N–H and O–H groups in total. The summed E-state index contributed by atoms with van der Waals surface area (Å²) < 4.78 is 0. The van der Waals surface area contributed by atoms with E-state index in [0.717, 1.165) is 0 Å². The summed E-state index contributed by atoms with van der Waals surface area (Å²) in [6.45, 7) is 0. The van der Waals surface area contributed by atoms with Crippen LogP contribution >= 0.6 is 43.9 Å². The minimum Gasteiger partial charge on any atom is -0.0622 e. The van der Waals surface area contributed by atoms with Crippen molar-refractivity contribution in [1.82, 2.24) is 0 Å². The van der Waals surface area contributed by atoms with E-state index in [9.17, 15) is 0 Å². The van der Waals surface area contributed by atoms with Crippen LogP contribution in [0.15, 0.2) is 146 Å². The van der Waals surface area contributed by atoms with E-state index in [0.29, 0.717) is 0 Å². The van der Waals surface area contributed by atoms with E-state index in [2.05, 4.69) is 174 Å². The van der Waals surface area contributed by atoms with Gasteiger partial charge in [-0.05, 0) is 54.9 Å². The third-order valence-electron chi connectivity index (χ3n) is 5.57. The van der Waals surface area contributed by atoms with Crippen molar-refractivity contribution in [2.75, 3.05) is 0 Å². The minimum absolute atomic E-state index is 0.125. The van der Waals surface area contributed by atoms with Crippen molar-refractivity contribution in [3.63, 3.8) is 0 Å². The maximum Gasteiger partial charge on any atom is 0.110 e. The quantitative estimate of drug-likeness (QED) is 0.147. The molecule has 0 unspecified atom stereocenters. The number of halogens is 2. The predicted molar refractivity (Wildman–Crippen MR) is 169 cm³/mol. The average Bonchev–Trinajstić information content (AvgIpc) is 2.93. The van der Waals surface area contributed by atoms with Gasteiger partial charge in [0.15, 0.2) is 0 Å². The Kier molecular flexibility index (Phi) is 10.8. The van der Waals surface area contributed by atoms with Gasteiger partial charge in [-0.15, -0.1) is 0 Å². The van der Waals surface area contributed by atoms with Crippen LogP contribution in [0.5, 0.6) is 0 Å². The van der Waals surface area contributed by atoms with Crippen molar-refractivity contribution in [3.05, 3.63) is 146 Å². The Hall–Kier alpha value is -1.54. The van der Waals surface area contributed by atoms with Crippen LogP contribution in [-0.2, 0) is 0 Å². The largest absolute Gasteiger partial charge is 0.110 e. The first-order valence-corrected chi connectivity index (χ1v) is 23.9. The van der Waals surface area contributed by atoms with E-state index in [-0.39, 0.29) is 11.7 Å². The molecule has 172 valence electrons. The van der Waals surface area contributed by atoms with Gasteiger partial charge in [-0.2, -0.15) is 0 Å². The molecule has 0 atom stereocenters. The first kappa shape index (κ1) is 26.5. The first-order valence-electron chi connectivity index (χ1n) is 11.3. The second kappa shape index (κ2) is 14.3. The van der Waals surface area contributed by atoms with Gasteiger partial charge in [-0.3, -0.25) is 0 Å². The molecule has 0 aromatic heterocycles. The van der Waals surface area contributed by atoms with E-state index in [1.165, 1.54) is 31.8 Å². The molecule has 0 nitrogen and oxygen atoms in total. The van der Waals surface area contributed by atoms with Crippen molar-refractivity contribution in [2.24, 2.45) is 0 Å². The SMILES string of the molecule is [Br][Ge][Br].c1ccc(P(c2ccccc2)c2ccccc2[PH+](c2ccccc2)c2ccccc2)cc1. The average molecular weight is 680 g/mol. The monoisotopic (exact) mass is 679 g/mol. The Bertz CT molecular complexity index is 1110. The Morgan fingerprint density at radius 1 is 0.457 bits per heavy atom. The second-order valence-electron chi connectivity index (χ2n) is 7.70. The van der Waals surface area contributed by atoms with Gasteiger partial charge >= 0.3 is 39.8 Å². The molecule has 0 saturated heterocycles. The van der Waals surface area contributed by atoms with E-state index >= 15 is 0 Å². The van der Waals surface area contributed by atoms with Crippen LogP contribution in [-0.4, -0.2) is 11.7 Å². The first-order chi connectivity index (χ1) is 17.3. The molecule has 0 fully saturated rings. The van der Waals surface area contributed by atoms with Gasteiger partial charge in [-0.25, -0.2) is 0 Å². The Labute approximate surface area is 231 Å². The molecule has 0 aliphatic carbocycles. The Balaban J connectivity index is 0.000000917. The van der Waals surface area contributed by atoms with Crippen LogP contribution in [0.4, 0.5) is 0 Å². The Morgan fingerprint density at radius 2 is 0.800 bits per heavy atom. The predicted octanol–water partition coefficient (Wildman–Crippen LogP) is 6.25. The molecule has 35 heavy (non-hydrogen) atoms. The molecule has 5 rings (SSSR count). The topological polar surface area (TPSA) is 0 Å². The molecular weight excluding hydrogens is 655 g/mol. The molecule has 0 heterocycles. The van der Waals surface area contributed by atoms with Gasteiger partial charge in [0.1, 0.15) is 15.9 Å².